The normalized spacial score (nSPS) is 11.6. The summed E-state index contributed by atoms with van der Waals surface area (Å²) in [6.07, 6.45) is 6.42. The molecule has 0 rings (SSSR count). The molecule has 0 aromatic carbocycles. The van der Waals surface area contributed by atoms with E-state index >= 15 is 0 Å². The minimum absolute atomic E-state index is 0.189. The SMILES string of the molecule is CCCCC(C)(C)O.CCCCC(C)(C)OC(C)=O. The van der Waals surface area contributed by atoms with Crippen LogP contribution >= 0.6 is 0 Å². The lowest BCUT2D eigenvalue weighted by Crippen LogP contribution is -2.26. The molecular formula is C16H34O3. The van der Waals surface area contributed by atoms with Gasteiger partial charge < -0.3 is 9.84 Å². The van der Waals surface area contributed by atoms with Gasteiger partial charge in [-0.3, -0.25) is 4.79 Å². The standard InChI is InChI=1S/C9H18O2.C7H16O/c1-5-6-7-9(3,4)11-8(2)10;1-4-5-6-7(2,3)8/h5-7H2,1-4H3;8H,4-6H2,1-3H3. The highest BCUT2D eigenvalue weighted by molar-refractivity contribution is 5.66. The minimum atomic E-state index is -0.448. The molecule has 0 spiro atoms. The molecule has 0 aliphatic heterocycles. The van der Waals surface area contributed by atoms with E-state index in [9.17, 15) is 4.79 Å². The Bertz CT molecular complexity index is 227. The highest BCUT2D eigenvalue weighted by atomic mass is 16.6. The van der Waals surface area contributed by atoms with Crippen LogP contribution in [0, 0.1) is 0 Å². The van der Waals surface area contributed by atoms with E-state index in [1.165, 1.54) is 13.3 Å². The zero-order chi connectivity index (χ0) is 15.5. The molecule has 116 valence electrons. The maximum atomic E-state index is 10.6. The van der Waals surface area contributed by atoms with Crippen LogP contribution in [0.5, 0.6) is 0 Å². The molecule has 0 saturated heterocycles. The van der Waals surface area contributed by atoms with Gasteiger partial charge in [0.1, 0.15) is 5.60 Å². The second-order valence-electron chi connectivity index (χ2n) is 6.37. The van der Waals surface area contributed by atoms with Crippen molar-refractivity contribution in [2.75, 3.05) is 0 Å². The molecule has 0 aliphatic rings. The number of hydrogen-bond acceptors (Lipinski definition) is 3. The average Bonchev–Trinajstić information content (AvgIpc) is 2.22. The van der Waals surface area contributed by atoms with Gasteiger partial charge in [0.15, 0.2) is 0 Å². The summed E-state index contributed by atoms with van der Waals surface area (Å²) in [6, 6.07) is 0. The van der Waals surface area contributed by atoms with E-state index in [1.54, 1.807) is 0 Å². The van der Waals surface area contributed by atoms with Gasteiger partial charge in [0.25, 0.3) is 0 Å². The molecule has 19 heavy (non-hydrogen) atoms. The van der Waals surface area contributed by atoms with E-state index in [4.69, 9.17) is 9.84 Å². The first-order chi connectivity index (χ1) is 8.54. The highest BCUT2D eigenvalue weighted by Gasteiger charge is 2.19. The molecule has 0 heterocycles. The summed E-state index contributed by atoms with van der Waals surface area (Å²) in [5.41, 5.74) is -0.724. The first-order valence-corrected chi connectivity index (χ1v) is 7.46. The van der Waals surface area contributed by atoms with Crippen molar-refractivity contribution in [3.05, 3.63) is 0 Å². The molecule has 0 saturated carbocycles. The van der Waals surface area contributed by atoms with Crippen LogP contribution in [0.1, 0.15) is 87.0 Å². The summed E-state index contributed by atoms with van der Waals surface area (Å²) >= 11 is 0. The lowest BCUT2D eigenvalue weighted by Gasteiger charge is -2.23. The van der Waals surface area contributed by atoms with E-state index in [1.807, 2.05) is 27.7 Å². The molecule has 3 nitrogen and oxygen atoms in total. The topological polar surface area (TPSA) is 46.5 Å². The van der Waals surface area contributed by atoms with Crippen molar-refractivity contribution in [2.24, 2.45) is 0 Å². The molecule has 1 N–H and O–H groups in total. The fourth-order valence-electron chi connectivity index (χ4n) is 1.65. The first kappa shape index (κ1) is 20.7. The van der Waals surface area contributed by atoms with Crippen molar-refractivity contribution in [3.8, 4) is 0 Å². The molecule has 0 aromatic heterocycles. The van der Waals surface area contributed by atoms with Crippen LogP contribution in [0.4, 0.5) is 0 Å². The molecule has 0 unspecified atom stereocenters. The van der Waals surface area contributed by atoms with E-state index in [0.29, 0.717) is 0 Å². The van der Waals surface area contributed by atoms with Crippen molar-refractivity contribution >= 4 is 5.97 Å². The number of unbranched alkanes of at least 4 members (excludes halogenated alkanes) is 2. The van der Waals surface area contributed by atoms with Crippen molar-refractivity contribution in [1.29, 1.82) is 0 Å². The predicted molar refractivity (Wildman–Crippen MR) is 81.2 cm³/mol. The molecule has 0 fully saturated rings. The van der Waals surface area contributed by atoms with Gasteiger partial charge in [-0.1, -0.05) is 33.1 Å². The van der Waals surface area contributed by atoms with Gasteiger partial charge in [0.2, 0.25) is 0 Å². The Labute approximate surface area is 119 Å². The van der Waals surface area contributed by atoms with Crippen LogP contribution in [0.3, 0.4) is 0 Å². The molecular weight excluding hydrogens is 240 g/mol. The maximum Gasteiger partial charge on any atom is 0.303 e. The van der Waals surface area contributed by atoms with Crippen molar-refractivity contribution < 1.29 is 14.6 Å². The zero-order valence-corrected chi connectivity index (χ0v) is 14.0. The quantitative estimate of drug-likeness (QED) is 0.697. The summed E-state index contributed by atoms with van der Waals surface area (Å²) in [4.78, 5) is 10.6. The molecule has 3 heteroatoms. The summed E-state index contributed by atoms with van der Waals surface area (Å²) in [5.74, 6) is -0.189. The number of carbonyl (C=O) groups excluding carboxylic acids is 1. The Morgan fingerprint density at radius 1 is 1.00 bits per heavy atom. The van der Waals surface area contributed by atoms with Gasteiger partial charge in [-0.15, -0.1) is 0 Å². The lowest BCUT2D eigenvalue weighted by atomic mass is 10.0. The Balaban J connectivity index is 0. The third kappa shape index (κ3) is 19.9. The highest BCUT2D eigenvalue weighted by Crippen LogP contribution is 2.17. The van der Waals surface area contributed by atoms with Gasteiger partial charge in [-0.2, -0.15) is 0 Å². The summed E-state index contributed by atoms with van der Waals surface area (Å²) in [7, 11) is 0. The Morgan fingerprint density at radius 3 is 1.68 bits per heavy atom. The molecule has 0 bridgehead atoms. The van der Waals surface area contributed by atoms with Crippen LogP contribution < -0.4 is 0 Å². The molecule has 0 radical (unpaired) electrons. The number of carbonyl (C=O) groups is 1. The number of hydrogen-bond donors (Lipinski definition) is 1. The molecule has 0 atom stereocenters. The first-order valence-electron chi connectivity index (χ1n) is 7.46. The van der Waals surface area contributed by atoms with E-state index < -0.39 is 5.60 Å². The minimum Gasteiger partial charge on any atom is -0.460 e. The second kappa shape index (κ2) is 10.2. The monoisotopic (exact) mass is 274 g/mol. The van der Waals surface area contributed by atoms with Crippen LogP contribution in [0.2, 0.25) is 0 Å². The number of ether oxygens (including phenoxy) is 1. The third-order valence-electron chi connectivity index (χ3n) is 2.69. The van der Waals surface area contributed by atoms with E-state index in [-0.39, 0.29) is 11.6 Å². The number of aliphatic hydroxyl groups is 1. The van der Waals surface area contributed by atoms with Crippen LogP contribution in [-0.4, -0.2) is 22.3 Å². The van der Waals surface area contributed by atoms with E-state index in [0.717, 1.165) is 32.1 Å². The molecule has 0 aromatic rings. The fourth-order valence-corrected chi connectivity index (χ4v) is 1.65. The van der Waals surface area contributed by atoms with Gasteiger partial charge in [-0.05, 0) is 47.0 Å². The smallest absolute Gasteiger partial charge is 0.303 e. The largest absolute Gasteiger partial charge is 0.460 e. The lowest BCUT2D eigenvalue weighted by molar-refractivity contribution is -0.154. The zero-order valence-electron chi connectivity index (χ0n) is 14.0. The van der Waals surface area contributed by atoms with Crippen LogP contribution in [0.15, 0.2) is 0 Å². The van der Waals surface area contributed by atoms with Crippen LogP contribution in [0.25, 0.3) is 0 Å². The Hall–Kier alpha value is -0.570. The second-order valence-corrected chi connectivity index (χ2v) is 6.37. The van der Waals surface area contributed by atoms with Crippen molar-refractivity contribution in [1.82, 2.24) is 0 Å². The maximum absolute atomic E-state index is 10.6. The average molecular weight is 274 g/mol. The van der Waals surface area contributed by atoms with Gasteiger partial charge in [-0.25, -0.2) is 0 Å². The van der Waals surface area contributed by atoms with Gasteiger partial charge in [0.05, 0.1) is 5.60 Å². The van der Waals surface area contributed by atoms with Gasteiger partial charge in [0, 0.05) is 6.92 Å². The van der Waals surface area contributed by atoms with Crippen molar-refractivity contribution in [2.45, 2.75) is 98.2 Å². The molecule has 0 aliphatic carbocycles. The van der Waals surface area contributed by atoms with Gasteiger partial charge >= 0.3 is 5.97 Å². The van der Waals surface area contributed by atoms with E-state index in [2.05, 4.69) is 13.8 Å². The fraction of sp³-hybridized carbons (Fsp3) is 0.938. The Kier molecular flexibility index (Phi) is 11.2. The number of rotatable bonds is 7. The predicted octanol–water partition coefficient (Wildman–Crippen LogP) is 4.47. The molecule has 0 amide bonds. The summed E-state index contributed by atoms with van der Waals surface area (Å²) < 4.78 is 5.10. The summed E-state index contributed by atoms with van der Waals surface area (Å²) in [6.45, 7) is 13.3. The van der Waals surface area contributed by atoms with Crippen LogP contribution in [-0.2, 0) is 9.53 Å². The third-order valence-corrected chi connectivity index (χ3v) is 2.69. The summed E-state index contributed by atoms with van der Waals surface area (Å²) in [5, 5.41) is 9.15. The van der Waals surface area contributed by atoms with Crippen molar-refractivity contribution in [3.63, 3.8) is 0 Å². The Morgan fingerprint density at radius 2 is 1.42 bits per heavy atom. The number of esters is 1.